The molecule has 0 aromatic heterocycles. The lowest BCUT2D eigenvalue weighted by Gasteiger charge is -2.15. The zero-order chi connectivity index (χ0) is 14.5. The molecule has 0 saturated carbocycles. The number of hydrogen-bond acceptors (Lipinski definition) is 1. The van der Waals surface area contributed by atoms with Crippen LogP contribution in [0.25, 0.3) is 0 Å². The van der Waals surface area contributed by atoms with E-state index in [1.54, 1.807) is 6.07 Å². The molecule has 2 aromatic rings. The number of hydrogen-bond donors (Lipinski definition) is 1. The zero-order valence-electron chi connectivity index (χ0n) is 10.8. The molecule has 1 atom stereocenters. The van der Waals surface area contributed by atoms with Gasteiger partial charge in [0.15, 0.2) is 0 Å². The highest BCUT2D eigenvalue weighted by molar-refractivity contribution is 9.10. The molecule has 4 heteroatoms. The molecule has 0 heterocycles. The Bertz CT molecular complexity index is 588. The third-order valence-corrected chi connectivity index (χ3v) is 4.04. The van der Waals surface area contributed by atoms with Crippen LogP contribution in [0, 0.1) is 11.7 Å². The maximum Gasteiger partial charge on any atom is 0.123 e. The number of rotatable bonds is 5. The van der Waals surface area contributed by atoms with E-state index in [9.17, 15) is 9.50 Å². The van der Waals surface area contributed by atoms with Crippen molar-refractivity contribution in [2.75, 3.05) is 6.61 Å². The fourth-order valence-electron chi connectivity index (χ4n) is 2.20. The van der Waals surface area contributed by atoms with Crippen LogP contribution in [0.4, 0.5) is 4.39 Å². The molecule has 2 rings (SSSR count). The second-order valence-electron chi connectivity index (χ2n) is 4.82. The molecule has 0 amide bonds. The van der Waals surface area contributed by atoms with E-state index in [1.165, 1.54) is 12.1 Å². The molecular formula is C16H15BrClFO. The molecule has 106 valence electrons. The van der Waals surface area contributed by atoms with Gasteiger partial charge in [-0.05, 0) is 54.2 Å². The molecule has 0 bridgehead atoms. The van der Waals surface area contributed by atoms with Gasteiger partial charge in [-0.15, -0.1) is 0 Å². The van der Waals surface area contributed by atoms with Gasteiger partial charge in [0.2, 0.25) is 0 Å². The predicted molar refractivity (Wildman–Crippen MR) is 83.5 cm³/mol. The summed E-state index contributed by atoms with van der Waals surface area (Å²) in [6.45, 7) is 0.0445. The summed E-state index contributed by atoms with van der Waals surface area (Å²) < 4.78 is 14.1. The van der Waals surface area contributed by atoms with Crippen LogP contribution in [0.1, 0.15) is 11.1 Å². The van der Waals surface area contributed by atoms with Crippen molar-refractivity contribution in [3.8, 4) is 0 Å². The fourth-order valence-corrected chi connectivity index (χ4v) is 2.95. The van der Waals surface area contributed by atoms with E-state index in [-0.39, 0.29) is 18.3 Å². The number of halogens is 3. The topological polar surface area (TPSA) is 20.2 Å². The van der Waals surface area contributed by atoms with Crippen LogP contribution in [-0.2, 0) is 12.8 Å². The average Bonchev–Trinajstić information content (AvgIpc) is 2.41. The summed E-state index contributed by atoms with van der Waals surface area (Å²) in [7, 11) is 0. The average molecular weight is 358 g/mol. The Morgan fingerprint density at radius 1 is 1.15 bits per heavy atom. The van der Waals surface area contributed by atoms with E-state index in [4.69, 9.17) is 11.6 Å². The minimum absolute atomic E-state index is 0.0236. The number of benzene rings is 2. The van der Waals surface area contributed by atoms with Crippen LogP contribution in [0.2, 0.25) is 5.02 Å². The van der Waals surface area contributed by atoms with Crippen LogP contribution in [0.5, 0.6) is 0 Å². The van der Waals surface area contributed by atoms with Gasteiger partial charge in [-0.1, -0.05) is 45.7 Å². The fraction of sp³-hybridized carbons (Fsp3) is 0.250. The summed E-state index contributed by atoms with van der Waals surface area (Å²) in [6.07, 6.45) is 1.29. The van der Waals surface area contributed by atoms with Crippen molar-refractivity contribution in [1.29, 1.82) is 0 Å². The molecule has 0 aliphatic heterocycles. The van der Waals surface area contributed by atoms with E-state index in [2.05, 4.69) is 15.9 Å². The number of aliphatic hydroxyl groups excluding tert-OH is 1. The molecule has 0 aliphatic rings. The van der Waals surface area contributed by atoms with Gasteiger partial charge in [0.25, 0.3) is 0 Å². The van der Waals surface area contributed by atoms with Crippen molar-refractivity contribution in [3.63, 3.8) is 0 Å². The largest absolute Gasteiger partial charge is 0.396 e. The van der Waals surface area contributed by atoms with Crippen LogP contribution in [0.3, 0.4) is 0 Å². The first kappa shape index (κ1) is 15.5. The third kappa shape index (κ3) is 4.30. The van der Waals surface area contributed by atoms with E-state index in [0.29, 0.717) is 17.9 Å². The Morgan fingerprint density at radius 2 is 1.95 bits per heavy atom. The van der Waals surface area contributed by atoms with Gasteiger partial charge in [-0.2, -0.15) is 0 Å². The van der Waals surface area contributed by atoms with Gasteiger partial charge in [-0.3, -0.25) is 0 Å². The SMILES string of the molecule is OCC(Cc1cccc(F)c1)Cc1ccc(Br)cc1Cl. The molecule has 0 radical (unpaired) electrons. The van der Waals surface area contributed by atoms with Gasteiger partial charge in [-0.25, -0.2) is 4.39 Å². The Balaban J connectivity index is 2.09. The maximum absolute atomic E-state index is 13.2. The monoisotopic (exact) mass is 356 g/mol. The van der Waals surface area contributed by atoms with E-state index in [1.807, 2.05) is 24.3 Å². The molecule has 20 heavy (non-hydrogen) atoms. The highest BCUT2D eigenvalue weighted by atomic mass is 79.9. The van der Waals surface area contributed by atoms with Crippen molar-refractivity contribution in [3.05, 3.63) is 68.9 Å². The normalized spacial score (nSPS) is 12.4. The number of aliphatic hydroxyl groups is 1. The molecule has 2 aromatic carbocycles. The summed E-state index contributed by atoms with van der Waals surface area (Å²) >= 11 is 9.55. The van der Waals surface area contributed by atoms with Gasteiger partial charge in [0.05, 0.1) is 0 Å². The van der Waals surface area contributed by atoms with E-state index < -0.39 is 0 Å². The second kappa shape index (κ2) is 7.21. The van der Waals surface area contributed by atoms with E-state index >= 15 is 0 Å². The summed E-state index contributed by atoms with van der Waals surface area (Å²) in [5.41, 5.74) is 1.88. The lowest BCUT2D eigenvalue weighted by atomic mass is 9.93. The first-order valence-electron chi connectivity index (χ1n) is 6.37. The highest BCUT2D eigenvalue weighted by Gasteiger charge is 2.12. The lowest BCUT2D eigenvalue weighted by molar-refractivity contribution is 0.225. The Kier molecular flexibility index (Phi) is 5.58. The van der Waals surface area contributed by atoms with Crippen LogP contribution >= 0.6 is 27.5 Å². The van der Waals surface area contributed by atoms with Crippen LogP contribution < -0.4 is 0 Å². The lowest BCUT2D eigenvalue weighted by Crippen LogP contribution is -2.13. The molecule has 0 spiro atoms. The molecule has 1 unspecified atom stereocenters. The third-order valence-electron chi connectivity index (χ3n) is 3.20. The molecule has 1 nitrogen and oxygen atoms in total. The summed E-state index contributed by atoms with van der Waals surface area (Å²) in [5, 5.41) is 10.2. The van der Waals surface area contributed by atoms with Crippen molar-refractivity contribution in [1.82, 2.24) is 0 Å². The first-order valence-corrected chi connectivity index (χ1v) is 7.55. The molecule has 0 aliphatic carbocycles. The van der Waals surface area contributed by atoms with E-state index in [0.717, 1.165) is 15.6 Å². The molecule has 1 N–H and O–H groups in total. The van der Waals surface area contributed by atoms with Crippen molar-refractivity contribution in [2.24, 2.45) is 5.92 Å². The van der Waals surface area contributed by atoms with Crippen LogP contribution in [-0.4, -0.2) is 11.7 Å². The summed E-state index contributed by atoms with van der Waals surface area (Å²) in [4.78, 5) is 0. The highest BCUT2D eigenvalue weighted by Crippen LogP contribution is 2.25. The minimum Gasteiger partial charge on any atom is -0.396 e. The second-order valence-corrected chi connectivity index (χ2v) is 6.15. The standard InChI is InChI=1S/C16H15BrClFO/c17-14-5-4-13(16(18)9-14)7-12(10-20)6-11-2-1-3-15(19)8-11/h1-5,8-9,12,20H,6-7,10H2. The van der Waals surface area contributed by atoms with Gasteiger partial charge in [0.1, 0.15) is 5.82 Å². The quantitative estimate of drug-likeness (QED) is 0.827. The minimum atomic E-state index is -0.249. The smallest absolute Gasteiger partial charge is 0.123 e. The first-order chi connectivity index (χ1) is 9.58. The van der Waals surface area contributed by atoms with Gasteiger partial charge >= 0.3 is 0 Å². The zero-order valence-corrected chi connectivity index (χ0v) is 13.2. The Hall–Kier alpha value is -0.900. The van der Waals surface area contributed by atoms with Gasteiger partial charge in [0, 0.05) is 16.1 Å². The van der Waals surface area contributed by atoms with Gasteiger partial charge < -0.3 is 5.11 Å². The molecule has 0 fully saturated rings. The van der Waals surface area contributed by atoms with Crippen molar-refractivity contribution >= 4 is 27.5 Å². The van der Waals surface area contributed by atoms with Crippen LogP contribution in [0.15, 0.2) is 46.9 Å². The summed E-state index contributed by atoms with van der Waals surface area (Å²) in [5.74, 6) is -0.226. The Labute approximate surface area is 131 Å². The van der Waals surface area contributed by atoms with Crippen molar-refractivity contribution < 1.29 is 9.50 Å². The summed E-state index contributed by atoms with van der Waals surface area (Å²) in [6, 6.07) is 12.2. The molecular weight excluding hydrogens is 343 g/mol. The molecule has 0 saturated heterocycles. The van der Waals surface area contributed by atoms with Crippen molar-refractivity contribution in [2.45, 2.75) is 12.8 Å². The maximum atomic E-state index is 13.2. The Morgan fingerprint density at radius 3 is 2.60 bits per heavy atom. The predicted octanol–water partition coefficient (Wildman–Crippen LogP) is 4.64.